The van der Waals surface area contributed by atoms with Gasteiger partial charge in [-0.1, -0.05) is 35.9 Å². The van der Waals surface area contributed by atoms with Crippen LogP contribution in [0, 0.1) is 6.92 Å². The number of nitrogens with zero attached hydrogens (tertiary/aromatic N) is 1. The minimum absolute atomic E-state index is 0.0184. The average molecular weight is 413 g/mol. The number of anilines is 1. The molecule has 0 radical (unpaired) electrons. The van der Waals surface area contributed by atoms with Gasteiger partial charge in [-0.2, -0.15) is 0 Å². The van der Waals surface area contributed by atoms with Crippen LogP contribution in [0.5, 0.6) is 11.5 Å². The van der Waals surface area contributed by atoms with E-state index in [1.165, 1.54) is 5.56 Å². The molecule has 4 aromatic rings. The van der Waals surface area contributed by atoms with Gasteiger partial charge in [0.05, 0.1) is 18.5 Å². The summed E-state index contributed by atoms with van der Waals surface area (Å²) in [4.78, 5) is 15.3. The first-order valence-electron chi connectivity index (χ1n) is 10.3. The van der Waals surface area contributed by atoms with Gasteiger partial charge in [0.2, 0.25) is 0 Å². The van der Waals surface area contributed by atoms with Crippen LogP contribution in [0.4, 0.5) is 5.69 Å². The lowest BCUT2D eigenvalue weighted by Crippen LogP contribution is -2.38. The van der Waals surface area contributed by atoms with Gasteiger partial charge in [0.1, 0.15) is 22.6 Å². The summed E-state index contributed by atoms with van der Waals surface area (Å²) < 4.78 is 11.0. The van der Waals surface area contributed by atoms with Crippen LogP contribution in [0.15, 0.2) is 75.9 Å². The molecule has 3 aromatic carbocycles. The maximum Gasteiger partial charge on any atom is 0.345 e. The number of hydrogen-bond donors (Lipinski definition) is 1. The molecular weight excluding hydrogens is 390 g/mol. The van der Waals surface area contributed by atoms with E-state index in [9.17, 15) is 9.90 Å². The van der Waals surface area contributed by atoms with Gasteiger partial charge >= 0.3 is 5.63 Å². The van der Waals surface area contributed by atoms with Gasteiger partial charge in [-0.15, -0.1) is 0 Å². The van der Waals surface area contributed by atoms with Gasteiger partial charge < -0.3 is 19.2 Å². The number of fused-ring (bicyclic) bond motifs is 2. The van der Waals surface area contributed by atoms with Crippen LogP contribution in [0.3, 0.4) is 0 Å². The summed E-state index contributed by atoms with van der Waals surface area (Å²) in [5.41, 5.74) is 4.23. The molecule has 5 heteroatoms. The van der Waals surface area contributed by atoms with E-state index >= 15 is 0 Å². The highest BCUT2D eigenvalue weighted by Gasteiger charge is 2.34. The minimum Gasteiger partial charge on any atom is -0.507 e. The lowest BCUT2D eigenvalue weighted by Gasteiger charge is -2.39. The Balaban J connectivity index is 1.75. The third-order valence-corrected chi connectivity index (χ3v) is 6.03. The van der Waals surface area contributed by atoms with E-state index in [1.807, 2.05) is 61.5 Å². The van der Waals surface area contributed by atoms with Gasteiger partial charge in [0, 0.05) is 12.2 Å². The van der Waals surface area contributed by atoms with Crippen molar-refractivity contribution in [2.45, 2.75) is 19.4 Å². The SMILES string of the molecule is COc1ccc(N2CCc3ccccc3C2c2c(O)c3cc(C)ccc3oc2=O)cc1. The molecule has 31 heavy (non-hydrogen) atoms. The molecule has 0 amide bonds. The third kappa shape index (κ3) is 3.22. The van der Waals surface area contributed by atoms with Gasteiger partial charge in [0.25, 0.3) is 0 Å². The first kappa shape index (κ1) is 19.2. The second-order valence-corrected chi connectivity index (χ2v) is 7.89. The Kier molecular flexibility index (Phi) is 4.66. The summed E-state index contributed by atoms with van der Waals surface area (Å²) in [7, 11) is 1.63. The van der Waals surface area contributed by atoms with Gasteiger partial charge in [-0.05, 0) is 60.9 Å². The Labute approximate surface area is 180 Å². The maximum atomic E-state index is 13.2. The summed E-state index contributed by atoms with van der Waals surface area (Å²) in [6.07, 6.45) is 0.845. The second-order valence-electron chi connectivity index (χ2n) is 7.89. The molecule has 1 aromatic heterocycles. The van der Waals surface area contributed by atoms with Crippen molar-refractivity contribution in [1.82, 2.24) is 0 Å². The van der Waals surface area contributed by atoms with Crippen molar-refractivity contribution in [3.8, 4) is 11.5 Å². The maximum absolute atomic E-state index is 13.2. The van der Waals surface area contributed by atoms with Gasteiger partial charge in [-0.3, -0.25) is 0 Å². The first-order chi connectivity index (χ1) is 15.1. The van der Waals surface area contributed by atoms with Crippen LogP contribution in [-0.2, 0) is 6.42 Å². The van der Waals surface area contributed by atoms with Crippen molar-refractivity contribution in [3.63, 3.8) is 0 Å². The Bertz CT molecular complexity index is 1320. The van der Waals surface area contributed by atoms with E-state index in [2.05, 4.69) is 11.0 Å². The van der Waals surface area contributed by atoms with E-state index in [-0.39, 0.29) is 11.3 Å². The molecule has 1 unspecified atom stereocenters. The topological polar surface area (TPSA) is 62.9 Å². The van der Waals surface area contributed by atoms with Crippen LogP contribution < -0.4 is 15.3 Å². The zero-order valence-electron chi connectivity index (χ0n) is 17.5. The third-order valence-electron chi connectivity index (χ3n) is 6.03. The van der Waals surface area contributed by atoms with E-state index < -0.39 is 11.7 Å². The zero-order valence-corrected chi connectivity index (χ0v) is 17.5. The van der Waals surface area contributed by atoms with E-state index in [1.54, 1.807) is 13.2 Å². The number of hydrogen-bond acceptors (Lipinski definition) is 5. The number of ether oxygens (including phenoxy) is 1. The highest BCUT2D eigenvalue weighted by Crippen LogP contribution is 2.42. The smallest absolute Gasteiger partial charge is 0.345 e. The Morgan fingerprint density at radius 1 is 1.06 bits per heavy atom. The van der Waals surface area contributed by atoms with E-state index in [0.29, 0.717) is 17.5 Å². The number of rotatable bonds is 3. The van der Waals surface area contributed by atoms with Crippen LogP contribution in [0.1, 0.15) is 28.3 Å². The molecular formula is C26H23NO4. The van der Waals surface area contributed by atoms with Crippen LogP contribution >= 0.6 is 0 Å². The highest BCUT2D eigenvalue weighted by atomic mass is 16.5. The molecule has 5 rings (SSSR count). The molecule has 1 atom stereocenters. The minimum atomic E-state index is -0.519. The van der Waals surface area contributed by atoms with E-state index in [0.717, 1.165) is 29.0 Å². The van der Waals surface area contributed by atoms with Crippen LogP contribution in [-0.4, -0.2) is 18.8 Å². The lowest BCUT2D eigenvalue weighted by atomic mass is 9.87. The lowest BCUT2D eigenvalue weighted by molar-refractivity contribution is 0.414. The number of methoxy groups -OCH3 is 1. The van der Waals surface area contributed by atoms with E-state index in [4.69, 9.17) is 9.15 Å². The standard InChI is InChI=1S/C26H23NO4/c1-16-7-12-22-21(15-16)25(28)23(26(29)31-22)24-20-6-4-3-5-17(20)13-14-27(24)18-8-10-19(30-2)11-9-18/h3-12,15,24,28H,13-14H2,1-2H3. The Morgan fingerprint density at radius 2 is 1.84 bits per heavy atom. The molecule has 0 saturated heterocycles. The molecule has 1 aliphatic heterocycles. The fourth-order valence-corrected chi connectivity index (χ4v) is 4.49. The second kappa shape index (κ2) is 7.51. The monoisotopic (exact) mass is 413 g/mol. The summed E-state index contributed by atoms with van der Waals surface area (Å²) in [5, 5.41) is 11.8. The van der Waals surface area contributed by atoms with Crippen LogP contribution in [0.25, 0.3) is 11.0 Å². The number of aromatic hydroxyl groups is 1. The Hall–Kier alpha value is -3.73. The molecule has 1 N–H and O–H groups in total. The molecule has 5 nitrogen and oxygen atoms in total. The molecule has 0 saturated carbocycles. The predicted octanol–water partition coefficient (Wildman–Crippen LogP) is 4.97. The largest absolute Gasteiger partial charge is 0.507 e. The van der Waals surface area contributed by atoms with Crippen molar-refractivity contribution in [3.05, 3.63) is 99.4 Å². The van der Waals surface area contributed by atoms with Crippen molar-refractivity contribution in [1.29, 1.82) is 0 Å². The van der Waals surface area contributed by atoms with Gasteiger partial charge in [-0.25, -0.2) is 4.79 Å². The predicted molar refractivity (Wildman–Crippen MR) is 121 cm³/mol. The molecule has 2 heterocycles. The summed E-state index contributed by atoms with van der Waals surface area (Å²) in [6.45, 7) is 2.65. The molecule has 0 aliphatic carbocycles. The molecule has 156 valence electrons. The fourth-order valence-electron chi connectivity index (χ4n) is 4.49. The molecule has 0 spiro atoms. The molecule has 1 aliphatic rings. The molecule has 0 bridgehead atoms. The average Bonchev–Trinajstić information content (AvgIpc) is 2.80. The summed E-state index contributed by atoms with van der Waals surface area (Å²) in [6, 6.07) is 20.8. The zero-order chi connectivity index (χ0) is 21.5. The van der Waals surface area contributed by atoms with Crippen LogP contribution in [0.2, 0.25) is 0 Å². The fraction of sp³-hybridized carbons (Fsp3) is 0.192. The van der Waals surface area contributed by atoms with Crippen molar-refractivity contribution < 1.29 is 14.3 Å². The van der Waals surface area contributed by atoms with Crippen molar-refractivity contribution in [2.24, 2.45) is 0 Å². The number of aryl methyl sites for hydroxylation is 1. The summed E-state index contributed by atoms with van der Waals surface area (Å²) in [5.74, 6) is 0.747. The van der Waals surface area contributed by atoms with Gasteiger partial charge in [0.15, 0.2) is 0 Å². The first-order valence-corrected chi connectivity index (χ1v) is 10.3. The van der Waals surface area contributed by atoms with Crippen molar-refractivity contribution in [2.75, 3.05) is 18.6 Å². The summed E-state index contributed by atoms with van der Waals surface area (Å²) >= 11 is 0. The quantitative estimate of drug-likeness (QED) is 0.481. The molecule has 0 fully saturated rings. The Morgan fingerprint density at radius 3 is 2.61 bits per heavy atom. The normalized spacial score (nSPS) is 15.7. The highest BCUT2D eigenvalue weighted by molar-refractivity contribution is 5.85. The number of benzene rings is 3. The van der Waals surface area contributed by atoms with Crippen molar-refractivity contribution >= 4 is 16.7 Å².